The molecule has 0 spiro atoms. The van der Waals surface area contributed by atoms with Crippen LogP contribution < -0.4 is 19.9 Å². The number of nitrogens with two attached hydrogens (primary N) is 1. The molecule has 2 aromatic carbocycles. The van der Waals surface area contributed by atoms with Crippen LogP contribution in [0.15, 0.2) is 52.6 Å². The zero-order valence-corrected chi connectivity index (χ0v) is 15.3. The predicted octanol–water partition coefficient (Wildman–Crippen LogP) is 2.87. The van der Waals surface area contributed by atoms with Gasteiger partial charge in [-0.05, 0) is 41.6 Å². The molecule has 138 valence electrons. The molecule has 9 heteroatoms. The van der Waals surface area contributed by atoms with E-state index in [1.165, 1.54) is 11.8 Å². The first-order valence-corrected chi connectivity index (χ1v) is 8.98. The number of aromatic amines is 1. The summed E-state index contributed by atoms with van der Waals surface area (Å²) in [6.07, 6.45) is 0.591. The number of thioether (sulfide) groups is 1. The lowest BCUT2D eigenvalue weighted by Gasteiger charge is -2.03. The normalized spacial score (nSPS) is 13.0. The van der Waals surface area contributed by atoms with Crippen molar-refractivity contribution in [3.8, 4) is 17.2 Å². The predicted molar refractivity (Wildman–Crippen MR) is 102 cm³/mol. The van der Waals surface area contributed by atoms with Gasteiger partial charge in [0, 0.05) is 6.42 Å². The minimum Gasteiger partial charge on any atom is -0.494 e. The van der Waals surface area contributed by atoms with Gasteiger partial charge in [0.05, 0.1) is 7.11 Å². The largest absolute Gasteiger partial charge is 0.494 e. The Bertz CT molecular complexity index is 989. The number of amidine groups is 1. The number of nitrogens with zero attached hydrogens (tertiary/aromatic N) is 3. The fourth-order valence-electron chi connectivity index (χ4n) is 2.60. The fraction of sp³-hybridized carbons (Fsp3) is 0.167. The van der Waals surface area contributed by atoms with E-state index in [2.05, 4.69) is 20.2 Å². The monoisotopic (exact) mass is 383 g/mol. The highest BCUT2D eigenvalue weighted by atomic mass is 32.2. The molecule has 8 nitrogen and oxygen atoms in total. The summed E-state index contributed by atoms with van der Waals surface area (Å²) in [5.74, 6) is 2.88. The fourth-order valence-corrected chi connectivity index (χ4v) is 3.18. The van der Waals surface area contributed by atoms with Crippen molar-refractivity contribution < 1.29 is 14.2 Å². The van der Waals surface area contributed by atoms with Crippen LogP contribution >= 0.6 is 11.8 Å². The summed E-state index contributed by atoms with van der Waals surface area (Å²) in [6, 6.07) is 13.2. The van der Waals surface area contributed by atoms with Gasteiger partial charge in [-0.25, -0.2) is 9.98 Å². The third kappa shape index (κ3) is 3.98. The molecule has 3 N–H and O–H groups in total. The van der Waals surface area contributed by atoms with Crippen molar-refractivity contribution in [1.29, 1.82) is 0 Å². The lowest BCUT2D eigenvalue weighted by molar-refractivity contribution is 0.174. The van der Waals surface area contributed by atoms with E-state index >= 15 is 0 Å². The zero-order chi connectivity index (χ0) is 18.6. The topological polar surface area (TPSA) is 108 Å². The number of aromatic nitrogens is 3. The Morgan fingerprint density at radius 3 is 3.00 bits per heavy atom. The van der Waals surface area contributed by atoms with Gasteiger partial charge in [0.1, 0.15) is 17.3 Å². The smallest absolute Gasteiger partial charge is 0.231 e. The standard InChI is InChI=1S/C18H17N5O3S/c1-24-13-5-3-2-4-12(13)20-17(19)27-18-21-16(22-23-18)9-11-6-7-14-15(8-11)26-10-25-14/h2-8H,9-10H2,1H3,(H2,19,20)(H,21,22,23). The molecule has 0 fully saturated rings. The second-order valence-corrected chi connectivity index (χ2v) is 6.64. The SMILES string of the molecule is COc1ccccc1N=C(N)Sc1n[nH]c(Cc2ccc3c(c2)OCO3)n1. The first-order chi connectivity index (χ1) is 13.2. The van der Waals surface area contributed by atoms with E-state index in [0.717, 1.165) is 22.9 Å². The average molecular weight is 383 g/mol. The van der Waals surface area contributed by atoms with E-state index < -0.39 is 0 Å². The molecule has 2 heterocycles. The highest BCUT2D eigenvalue weighted by molar-refractivity contribution is 8.13. The molecule has 3 aromatic rings. The van der Waals surface area contributed by atoms with Crippen LogP contribution in [0, 0.1) is 0 Å². The van der Waals surface area contributed by atoms with Gasteiger partial charge in [-0.1, -0.05) is 18.2 Å². The van der Waals surface area contributed by atoms with Gasteiger partial charge in [0.15, 0.2) is 16.7 Å². The molecule has 0 saturated heterocycles. The van der Waals surface area contributed by atoms with Gasteiger partial charge in [0.2, 0.25) is 11.9 Å². The van der Waals surface area contributed by atoms with Crippen LogP contribution in [0.25, 0.3) is 0 Å². The Morgan fingerprint density at radius 2 is 2.11 bits per heavy atom. The molecule has 27 heavy (non-hydrogen) atoms. The molecule has 0 unspecified atom stereocenters. The molecule has 0 atom stereocenters. The van der Waals surface area contributed by atoms with Gasteiger partial charge in [-0.2, -0.15) is 0 Å². The maximum Gasteiger partial charge on any atom is 0.231 e. The lowest BCUT2D eigenvalue weighted by Crippen LogP contribution is -2.06. The maximum atomic E-state index is 6.02. The van der Waals surface area contributed by atoms with Crippen molar-refractivity contribution >= 4 is 22.6 Å². The molecule has 4 rings (SSSR count). The molecule has 1 aliphatic rings. The number of benzene rings is 2. The van der Waals surface area contributed by atoms with Crippen molar-refractivity contribution in [2.45, 2.75) is 11.6 Å². The summed E-state index contributed by atoms with van der Waals surface area (Å²) in [5.41, 5.74) is 7.72. The molecule has 0 saturated carbocycles. The summed E-state index contributed by atoms with van der Waals surface area (Å²) in [7, 11) is 1.59. The zero-order valence-electron chi connectivity index (χ0n) is 14.5. The second-order valence-electron chi connectivity index (χ2n) is 5.65. The third-order valence-corrected chi connectivity index (χ3v) is 4.50. The Balaban J connectivity index is 1.44. The average Bonchev–Trinajstić information content (AvgIpc) is 3.31. The highest BCUT2D eigenvalue weighted by Gasteiger charge is 2.14. The van der Waals surface area contributed by atoms with Crippen LogP contribution in [0.1, 0.15) is 11.4 Å². The first kappa shape index (κ1) is 17.2. The molecule has 0 radical (unpaired) electrons. The summed E-state index contributed by atoms with van der Waals surface area (Å²) in [5, 5.41) is 7.94. The van der Waals surface area contributed by atoms with Crippen LogP contribution in [0.5, 0.6) is 17.2 Å². The Hall–Kier alpha value is -3.20. The molecule has 1 aromatic heterocycles. The third-order valence-electron chi connectivity index (χ3n) is 3.83. The van der Waals surface area contributed by atoms with Gasteiger partial charge in [-0.3, -0.25) is 5.10 Å². The van der Waals surface area contributed by atoms with E-state index in [9.17, 15) is 0 Å². The molecule has 1 aliphatic heterocycles. The Kier molecular flexibility index (Phi) is 4.84. The number of para-hydroxylation sites is 2. The van der Waals surface area contributed by atoms with E-state index in [-0.39, 0.29) is 6.79 Å². The number of aliphatic imine (C=N–C) groups is 1. The summed E-state index contributed by atoms with van der Waals surface area (Å²) >= 11 is 1.18. The number of methoxy groups -OCH3 is 1. The molecule has 0 bridgehead atoms. The lowest BCUT2D eigenvalue weighted by atomic mass is 10.1. The van der Waals surface area contributed by atoms with Gasteiger partial charge in [-0.15, -0.1) is 5.10 Å². The van der Waals surface area contributed by atoms with Crippen LogP contribution in [-0.4, -0.2) is 34.3 Å². The van der Waals surface area contributed by atoms with Crippen molar-refractivity contribution in [3.05, 3.63) is 53.9 Å². The summed E-state index contributed by atoms with van der Waals surface area (Å²) in [4.78, 5) is 8.82. The number of nitrogens with one attached hydrogen (secondary N) is 1. The maximum absolute atomic E-state index is 6.02. The first-order valence-electron chi connectivity index (χ1n) is 8.16. The van der Waals surface area contributed by atoms with E-state index in [4.69, 9.17) is 19.9 Å². The number of fused-ring (bicyclic) bond motifs is 1. The summed E-state index contributed by atoms with van der Waals surface area (Å²) in [6.45, 7) is 0.257. The van der Waals surface area contributed by atoms with Crippen molar-refractivity contribution in [2.24, 2.45) is 10.7 Å². The van der Waals surface area contributed by atoms with Crippen LogP contribution in [-0.2, 0) is 6.42 Å². The van der Waals surface area contributed by atoms with Gasteiger partial charge in [0.25, 0.3) is 0 Å². The molecule has 0 aliphatic carbocycles. The van der Waals surface area contributed by atoms with E-state index in [1.54, 1.807) is 7.11 Å². The quantitative estimate of drug-likeness (QED) is 0.396. The highest BCUT2D eigenvalue weighted by Crippen LogP contribution is 2.33. The Morgan fingerprint density at radius 1 is 1.26 bits per heavy atom. The number of hydrogen-bond acceptors (Lipinski definition) is 7. The minimum atomic E-state index is 0.257. The van der Waals surface area contributed by atoms with Crippen molar-refractivity contribution in [3.63, 3.8) is 0 Å². The summed E-state index contributed by atoms with van der Waals surface area (Å²) < 4.78 is 16.0. The number of H-pyrrole nitrogens is 1. The molecule has 0 amide bonds. The Labute approximate surface area is 159 Å². The number of ether oxygens (including phenoxy) is 3. The van der Waals surface area contributed by atoms with Crippen LogP contribution in [0.2, 0.25) is 0 Å². The minimum absolute atomic E-state index is 0.257. The van der Waals surface area contributed by atoms with Crippen LogP contribution in [0.4, 0.5) is 5.69 Å². The number of rotatable bonds is 5. The van der Waals surface area contributed by atoms with Crippen molar-refractivity contribution in [2.75, 3.05) is 13.9 Å². The van der Waals surface area contributed by atoms with Gasteiger partial charge < -0.3 is 19.9 Å². The molecular formula is C18H17N5O3S. The van der Waals surface area contributed by atoms with Crippen LogP contribution in [0.3, 0.4) is 0 Å². The molecular weight excluding hydrogens is 366 g/mol. The van der Waals surface area contributed by atoms with E-state index in [1.807, 2.05) is 42.5 Å². The van der Waals surface area contributed by atoms with Gasteiger partial charge >= 0.3 is 0 Å². The number of hydrogen-bond donors (Lipinski definition) is 2. The van der Waals surface area contributed by atoms with E-state index in [0.29, 0.717) is 28.2 Å². The second kappa shape index (κ2) is 7.58. The van der Waals surface area contributed by atoms with Crippen molar-refractivity contribution in [1.82, 2.24) is 15.2 Å².